The maximum absolute atomic E-state index is 2.46. The van der Waals surface area contributed by atoms with Gasteiger partial charge < -0.3 is 9.80 Å². The van der Waals surface area contributed by atoms with Crippen LogP contribution in [0.5, 0.6) is 0 Å². The molecule has 2 nitrogen and oxygen atoms in total. The summed E-state index contributed by atoms with van der Waals surface area (Å²) in [5, 5.41) is 0. The van der Waals surface area contributed by atoms with E-state index in [1.807, 2.05) is 0 Å². The third-order valence-corrected chi connectivity index (χ3v) is 8.38. The molecule has 0 aromatic heterocycles. The van der Waals surface area contributed by atoms with E-state index in [0.29, 0.717) is 5.92 Å². The summed E-state index contributed by atoms with van der Waals surface area (Å²) in [5.74, 6) is 0.298. The van der Waals surface area contributed by atoms with Gasteiger partial charge in [0.2, 0.25) is 0 Å². The largest absolute Gasteiger partial charge is 0.363 e. The number of hydrogen-bond donors (Lipinski definition) is 0. The van der Waals surface area contributed by atoms with E-state index in [2.05, 4.69) is 187 Å². The lowest BCUT2D eigenvalue weighted by molar-refractivity contribution is 0.797. The predicted molar refractivity (Wildman–Crippen MR) is 186 cm³/mol. The zero-order valence-corrected chi connectivity index (χ0v) is 25.5. The quantitative estimate of drug-likeness (QED) is 0.144. The molecule has 6 rings (SSSR count). The summed E-state index contributed by atoms with van der Waals surface area (Å²) >= 11 is 0. The fourth-order valence-electron chi connectivity index (χ4n) is 5.83. The Morgan fingerprint density at radius 3 is 0.841 bits per heavy atom. The van der Waals surface area contributed by atoms with E-state index in [9.17, 15) is 0 Å². The Morgan fingerprint density at radius 1 is 0.341 bits per heavy atom. The molecule has 44 heavy (non-hydrogen) atoms. The third-order valence-electron chi connectivity index (χ3n) is 8.38. The standard InChI is InChI=1S/C42H40N2/c1-34(39-22-26-41(27-23-39)43(30-35-14-6-2-7-15-35)31-36-16-8-3-9-17-36)40-24-28-42(29-25-40)44(32-37-18-10-4-11-19-37)33-38-20-12-5-13-21-38/h2-29,34H,30-33H2,1H3. The Balaban J connectivity index is 1.19. The van der Waals surface area contributed by atoms with Crippen molar-refractivity contribution >= 4 is 11.4 Å². The van der Waals surface area contributed by atoms with Crippen LogP contribution in [0.2, 0.25) is 0 Å². The van der Waals surface area contributed by atoms with E-state index in [1.54, 1.807) is 0 Å². The van der Waals surface area contributed by atoms with E-state index < -0.39 is 0 Å². The van der Waals surface area contributed by atoms with Crippen LogP contribution < -0.4 is 9.80 Å². The molecule has 0 saturated heterocycles. The molecule has 6 aromatic carbocycles. The van der Waals surface area contributed by atoms with Gasteiger partial charge in [-0.15, -0.1) is 0 Å². The minimum atomic E-state index is 0.298. The Bertz CT molecular complexity index is 1470. The molecule has 0 radical (unpaired) electrons. The number of hydrogen-bond acceptors (Lipinski definition) is 2. The third kappa shape index (κ3) is 7.65. The van der Waals surface area contributed by atoms with Crippen molar-refractivity contribution in [3.05, 3.63) is 203 Å². The van der Waals surface area contributed by atoms with Gasteiger partial charge in [-0.05, 0) is 57.6 Å². The average molecular weight is 573 g/mol. The number of benzene rings is 6. The Kier molecular flexibility index (Phi) is 9.49. The first-order chi connectivity index (χ1) is 21.7. The van der Waals surface area contributed by atoms with Crippen molar-refractivity contribution < 1.29 is 0 Å². The highest BCUT2D eigenvalue weighted by Gasteiger charge is 2.14. The highest BCUT2D eigenvalue weighted by Crippen LogP contribution is 2.30. The van der Waals surface area contributed by atoms with Crippen molar-refractivity contribution in [3.63, 3.8) is 0 Å². The van der Waals surface area contributed by atoms with Gasteiger partial charge in [0.15, 0.2) is 0 Å². The van der Waals surface area contributed by atoms with Crippen LogP contribution in [0.1, 0.15) is 46.2 Å². The van der Waals surface area contributed by atoms with Gasteiger partial charge in [0.25, 0.3) is 0 Å². The van der Waals surface area contributed by atoms with Gasteiger partial charge in [-0.3, -0.25) is 0 Å². The van der Waals surface area contributed by atoms with Crippen molar-refractivity contribution in [2.24, 2.45) is 0 Å². The molecule has 0 saturated carbocycles. The summed E-state index contributed by atoms with van der Waals surface area (Å²) < 4.78 is 0. The van der Waals surface area contributed by atoms with Crippen molar-refractivity contribution in [1.82, 2.24) is 0 Å². The SMILES string of the molecule is CC(c1ccc(N(Cc2ccccc2)Cc2ccccc2)cc1)c1ccc(N(Cc2ccccc2)Cc2ccccc2)cc1. The average Bonchev–Trinajstić information content (AvgIpc) is 3.09. The lowest BCUT2D eigenvalue weighted by Crippen LogP contribution is -2.22. The molecule has 0 N–H and O–H groups in total. The topological polar surface area (TPSA) is 6.48 Å². The smallest absolute Gasteiger partial charge is 0.0433 e. The molecule has 0 aliphatic rings. The van der Waals surface area contributed by atoms with Gasteiger partial charge >= 0.3 is 0 Å². The molecule has 0 fully saturated rings. The van der Waals surface area contributed by atoms with Gasteiger partial charge in [0.05, 0.1) is 0 Å². The molecule has 0 amide bonds. The molecule has 0 atom stereocenters. The number of nitrogens with zero attached hydrogens (tertiary/aromatic N) is 2. The van der Waals surface area contributed by atoms with Crippen LogP contribution in [-0.2, 0) is 26.2 Å². The van der Waals surface area contributed by atoms with Crippen molar-refractivity contribution in [2.45, 2.75) is 39.0 Å². The highest BCUT2D eigenvalue weighted by atomic mass is 15.1. The van der Waals surface area contributed by atoms with E-state index >= 15 is 0 Å². The van der Waals surface area contributed by atoms with Gasteiger partial charge in [0, 0.05) is 43.5 Å². The van der Waals surface area contributed by atoms with Crippen LogP contribution in [0.15, 0.2) is 170 Å². The molecule has 0 unspecified atom stereocenters. The minimum absolute atomic E-state index is 0.298. The van der Waals surface area contributed by atoms with Crippen LogP contribution in [0.25, 0.3) is 0 Å². The van der Waals surface area contributed by atoms with Gasteiger partial charge in [-0.2, -0.15) is 0 Å². The van der Waals surface area contributed by atoms with Crippen LogP contribution in [0.3, 0.4) is 0 Å². The second-order valence-electron chi connectivity index (χ2n) is 11.6. The van der Waals surface area contributed by atoms with Crippen molar-refractivity contribution in [2.75, 3.05) is 9.80 Å². The zero-order valence-electron chi connectivity index (χ0n) is 25.5. The lowest BCUT2D eigenvalue weighted by Gasteiger charge is -2.27. The summed E-state index contributed by atoms with van der Waals surface area (Å²) in [5.41, 5.74) is 10.4. The molecule has 0 aliphatic carbocycles. The maximum Gasteiger partial charge on any atom is 0.0433 e. The Morgan fingerprint density at radius 2 is 0.591 bits per heavy atom. The normalized spacial score (nSPS) is 11.0. The second kappa shape index (κ2) is 14.4. The summed E-state index contributed by atoms with van der Waals surface area (Å²) in [4.78, 5) is 4.92. The maximum atomic E-state index is 2.46. The zero-order chi connectivity index (χ0) is 30.0. The van der Waals surface area contributed by atoms with Crippen LogP contribution in [-0.4, -0.2) is 0 Å². The van der Waals surface area contributed by atoms with Gasteiger partial charge in [-0.25, -0.2) is 0 Å². The van der Waals surface area contributed by atoms with E-state index in [0.717, 1.165) is 26.2 Å². The van der Waals surface area contributed by atoms with E-state index in [-0.39, 0.29) is 0 Å². The molecule has 0 spiro atoms. The van der Waals surface area contributed by atoms with Gasteiger partial charge in [0.1, 0.15) is 0 Å². The molecule has 0 bridgehead atoms. The number of rotatable bonds is 12. The molecular formula is C42H40N2. The van der Waals surface area contributed by atoms with E-state index in [4.69, 9.17) is 0 Å². The predicted octanol–water partition coefficient (Wildman–Crippen LogP) is 10.3. The Labute approximate surface area is 262 Å². The molecule has 0 heterocycles. The molecule has 218 valence electrons. The molecular weight excluding hydrogens is 532 g/mol. The molecule has 2 heteroatoms. The van der Waals surface area contributed by atoms with Crippen LogP contribution in [0.4, 0.5) is 11.4 Å². The highest BCUT2D eigenvalue weighted by molar-refractivity contribution is 5.53. The monoisotopic (exact) mass is 572 g/mol. The summed E-state index contributed by atoms with van der Waals surface area (Å²) in [7, 11) is 0. The van der Waals surface area contributed by atoms with Gasteiger partial charge in [-0.1, -0.05) is 153 Å². The van der Waals surface area contributed by atoms with Crippen LogP contribution in [0, 0.1) is 0 Å². The van der Waals surface area contributed by atoms with Crippen LogP contribution >= 0.6 is 0 Å². The summed E-state index contributed by atoms with van der Waals surface area (Å²) in [6.45, 7) is 5.79. The molecule has 0 aliphatic heterocycles. The minimum Gasteiger partial charge on any atom is -0.363 e. The summed E-state index contributed by atoms with van der Waals surface area (Å²) in [6.07, 6.45) is 0. The first kappa shape index (κ1) is 29.0. The lowest BCUT2D eigenvalue weighted by atomic mass is 9.92. The fraction of sp³-hybridized carbons (Fsp3) is 0.143. The van der Waals surface area contributed by atoms with Crippen molar-refractivity contribution in [1.29, 1.82) is 0 Å². The molecule has 6 aromatic rings. The number of anilines is 2. The van der Waals surface area contributed by atoms with Crippen molar-refractivity contribution in [3.8, 4) is 0 Å². The first-order valence-corrected chi connectivity index (χ1v) is 15.6. The van der Waals surface area contributed by atoms with E-state index in [1.165, 1.54) is 44.8 Å². The fourth-order valence-corrected chi connectivity index (χ4v) is 5.83. The Hall–Kier alpha value is -5.08. The first-order valence-electron chi connectivity index (χ1n) is 15.6. The second-order valence-corrected chi connectivity index (χ2v) is 11.6. The summed E-state index contributed by atoms with van der Waals surface area (Å²) in [6, 6.07) is 61.3.